The molecular weight excluding hydrogens is 483 g/mol. The molecule has 0 aromatic heterocycles. The zero-order chi connectivity index (χ0) is 25.2. The Kier molecular flexibility index (Phi) is 9.32. The summed E-state index contributed by atoms with van der Waals surface area (Å²) in [5, 5.41) is 15.3. The molecule has 2 radical (unpaired) electrons. The summed E-state index contributed by atoms with van der Waals surface area (Å²) in [5.74, 6) is 0.697. The van der Waals surface area contributed by atoms with Gasteiger partial charge in [-0.2, -0.15) is 0 Å². The molecule has 0 fully saturated rings. The van der Waals surface area contributed by atoms with Gasteiger partial charge in [-0.15, -0.1) is 0 Å². The van der Waals surface area contributed by atoms with E-state index in [0.717, 1.165) is 11.1 Å². The van der Waals surface area contributed by atoms with Crippen LogP contribution in [0.25, 0.3) is 0 Å². The van der Waals surface area contributed by atoms with Gasteiger partial charge in [-0.25, -0.2) is 0 Å². The third-order valence-corrected chi connectivity index (χ3v) is 11.1. The second kappa shape index (κ2) is 12.8. The van der Waals surface area contributed by atoms with Gasteiger partial charge in [-0.3, -0.25) is 0 Å². The van der Waals surface area contributed by atoms with Crippen molar-refractivity contribution in [3.8, 4) is 11.5 Å². The Labute approximate surface area is 217 Å². The summed E-state index contributed by atoms with van der Waals surface area (Å²) < 4.78 is 17.9. The summed E-state index contributed by atoms with van der Waals surface area (Å²) in [6, 6.07) is 37.1. The van der Waals surface area contributed by atoms with Crippen molar-refractivity contribution in [2.24, 2.45) is 0 Å². The predicted octanol–water partition coefficient (Wildman–Crippen LogP) is 4.41. The first-order valence-corrected chi connectivity index (χ1v) is 15.3. The molecule has 0 amide bonds. The Bertz CT molecular complexity index is 1100. The van der Waals surface area contributed by atoms with E-state index >= 15 is 0 Å². The molecule has 0 unspecified atom stereocenters. The number of phenols is 1. The smallest absolute Gasteiger partial charge is 0.166 e. The highest BCUT2D eigenvalue weighted by Gasteiger charge is 2.50. The summed E-state index contributed by atoms with van der Waals surface area (Å²) >= 11 is 0. The third kappa shape index (κ3) is 5.71. The first-order chi connectivity index (χ1) is 17.7. The molecule has 0 saturated heterocycles. The van der Waals surface area contributed by atoms with Crippen LogP contribution in [0.3, 0.4) is 0 Å². The van der Waals surface area contributed by atoms with Crippen molar-refractivity contribution >= 4 is 38.0 Å². The monoisotopic (exact) mass is 515 g/mol. The molecule has 6 heteroatoms. The van der Waals surface area contributed by atoms with E-state index in [-0.39, 0.29) is 11.7 Å². The maximum Gasteiger partial charge on any atom is 0.166 e. The van der Waals surface area contributed by atoms with Gasteiger partial charge in [0.2, 0.25) is 0 Å². The van der Waals surface area contributed by atoms with Crippen molar-refractivity contribution in [3.05, 3.63) is 109 Å². The molecule has 0 bridgehead atoms. The zero-order valence-electron chi connectivity index (χ0n) is 20.7. The van der Waals surface area contributed by atoms with Crippen LogP contribution in [0.1, 0.15) is 13.8 Å². The fourth-order valence-electron chi connectivity index (χ4n) is 4.37. The summed E-state index contributed by atoms with van der Waals surface area (Å²) in [5.41, 5.74) is 0. The second-order valence-corrected chi connectivity index (χ2v) is 12.6. The van der Waals surface area contributed by atoms with Gasteiger partial charge < -0.3 is 19.3 Å². The largest absolute Gasteiger partial charge is 0.508 e. The molecule has 0 aliphatic heterocycles. The van der Waals surface area contributed by atoms with Crippen LogP contribution in [-0.2, 0) is 9.47 Å². The van der Waals surface area contributed by atoms with E-state index in [2.05, 4.69) is 72.8 Å². The Morgan fingerprint density at radius 3 is 1.61 bits per heavy atom. The van der Waals surface area contributed by atoms with Crippen LogP contribution in [0.15, 0.2) is 109 Å². The average molecular weight is 516 g/mol. The molecule has 0 atom stereocenters. The number of rotatable bonds is 12. The van der Waals surface area contributed by atoms with Crippen molar-refractivity contribution in [2.75, 3.05) is 19.4 Å². The lowest BCUT2D eigenvalue weighted by Crippen LogP contribution is -2.39. The molecule has 1 N–H and O–H groups in total. The average Bonchev–Trinajstić information content (AvgIpc) is 2.92. The number of benzene rings is 4. The van der Waals surface area contributed by atoms with Crippen LogP contribution in [-0.4, -0.2) is 40.0 Å². The summed E-state index contributed by atoms with van der Waals surface area (Å²) in [4.78, 5) is 0. The standard InChI is InChI=1S/C30H31O4PSi/c1-3-32-30(33-4-2)36-23-34-28-21-20-24(31)22-29(28)35(25-14-8-5-9-15-25,26-16-10-6-11-17-26)27-18-12-7-13-19-27/h5-22,30H,3-4,23H2,1-2H3/p+1. The molecule has 4 aromatic rings. The van der Waals surface area contributed by atoms with Gasteiger partial charge in [0, 0.05) is 19.3 Å². The Morgan fingerprint density at radius 2 is 1.17 bits per heavy atom. The van der Waals surface area contributed by atoms with E-state index in [1.807, 2.05) is 44.2 Å². The molecule has 4 rings (SSSR count). The molecule has 0 heterocycles. The lowest BCUT2D eigenvalue weighted by atomic mass is 10.3. The van der Waals surface area contributed by atoms with Crippen LogP contribution in [0.4, 0.5) is 0 Å². The maximum atomic E-state index is 10.7. The predicted molar refractivity (Wildman–Crippen MR) is 151 cm³/mol. The first-order valence-electron chi connectivity index (χ1n) is 12.2. The fraction of sp³-hybridized carbons (Fsp3) is 0.200. The topological polar surface area (TPSA) is 47.9 Å². The maximum absolute atomic E-state index is 10.7. The Morgan fingerprint density at radius 1 is 0.694 bits per heavy atom. The number of aromatic hydroxyl groups is 1. The van der Waals surface area contributed by atoms with Crippen LogP contribution >= 0.6 is 7.26 Å². The van der Waals surface area contributed by atoms with Gasteiger partial charge >= 0.3 is 0 Å². The quantitative estimate of drug-likeness (QED) is 0.173. The molecule has 0 saturated carbocycles. The molecule has 4 aromatic carbocycles. The first kappa shape index (κ1) is 26.1. The normalized spacial score (nSPS) is 11.5. The van der Waals surface area contributed by atoms with Crippen molar-refractivity contribution < 1.29 is 19.3 Å². The lowest BCUT2D eigenvalue weighted by Gasteiger charge is -2.29. The number of hydrogen-bond donors (Lipinski definition) is 1. The highest BCUT2D eigenvalue weighted by Crippen LogP contribution is 2.56. The third-order valence-electron chi connectivity index (χ3n) is 5.85. The van der Waals surface area contributed by atoms with Crippen molar-refractivity contribution in [3.63, 3.8) is 0 Å². The molecular formula is C30H32O4PSi+. The van der Waals surface area contributed by atoms with Gasteiger partial charge in [0.1, 0.15) is 34.8 Å². The van der Waals surface area contributed by atoms with E-state index < -0.39 is 7.26 Å². The van der Waals surface area contributed by atoms with E-state index in [1.165, 1.54) is 15.9 Å². The second-order valence-electron chi connectivity index (χ2n) is 8.06. The van der Waals surface area contributed by atoms with Crippen LogP contribution in [0.5, 0.6) is 11.5 Å². The number of ether oxygens (including phenoxy) is 3. The van der Waals surface area contributed by atoms with E-state index in [0.29, 0.717) is 29.0 Å². The highest BCUT2D eigenvalue weighted by molar-refractivity contribution is 8.01. The van der Waals surface area contributed by atoms with Crippen LogP contribution in [0.2, 0.25) is 0 Å². The van der Waals surface area contributed by atoms with Gasteiger partial charge in [0.15, 0.2) is 20.6 Å². The van der Waals surface area contributed by atoms with Gasteiger partial charge in [0.05, 0.1) is 6.23 Å². The summed E-state index contributed by atoms with van der Waals surface area (Å²) in [6.45, 7) is 5.11. The minimum atomic E-state index is -2.40. The van der Waals surface area contributed by atoms with Crippen molar-refractivity contribution in [1.29, 1.82) is 0 Å². The highest BCUT2D eigenvalue weighted by atomic mass is 31.2. The lowest BCUT2D eigenvalue weighted by molar-refractivity contribution is -0.0835. The SMILES string of the molecule is CCOC(OCC)[Si]COc1ccc(O)cc1[P+](c1ccccc1)(c1ccccc1)c1ccccc1. The molecule has 0 aliphatic rings. The van der Waals surface area contributed by atoms with Gasteiger partial charge in [-0.1, -0.05) is 54.6 Å². The van der Waals surface area contributed by atoms with Crippen LogP contribution < -0.4 is 26.0 Å². The zero-order valence-corrected chi connectivity index (χ0v) is 22.6. The fourth-order valence-corrected chi connectivity index (χ4v) is 9.69. The molecule has 0 aliphatic carbocycles. The molecule has 0 spiro atoms. The summed E-state index contributed by atoms with van der Waals surface area (Å²) in [7, 11) is -2.08. The van der Waals surface area contributed by atoms with Crippen molar-refractivity contribution in [2.45, 2.75) is 19.8 Å². The Balaban J connectivity index is 1.88. The van der Waals surface area contributed by atoms with Crippen LogP contribution in [0, 0.1) is 0 Å². The van der Waals surface area contributed by atoms with E-state index in [4.69, 9.17) is 14.2 Å². The number of phenolic OH excluding ortho intramolecular Hbond substituents is 1. The molecule has 4 nitrogen and oxygen atoms in total. The van der Waals surface area contributed by atoms with Gasteiger partial charge in [0.25, 0.3) is 0 Å². The summed E-state index contributed by atoms with van der Waals surface area (Å²) in [6.07, 6.45) is 0.459. The van der Waals surface area contributed by atoms with Gasteiger partial charge in [-0.05, 0) is 62.4 Å². The molecule has 36 heavy (non-hydrogen) atoms. The number of hydrogen-bond acceptors (Lipinski definition) is 4. The van der Waals surface area contributed by atoms with E-state index in [9.17, 15) is 5.11 Å². The Hall–Kier alpha value is -2.95. The minimum absolute atomic E-state index is 0.216. The minimum Gasteiger partial charge on any atom is -0.508 e. The molecule has 184 valence electrons. The van der Waals surface area contributed by atoms with E-state index in [1.54, 1.807) is 6.07 Å². The van der Waals surface area contributed by atoms with Crippen molar-refractivity contribution in [1.82, 2.24) is 0 Å².